The number of aromatic nitrogens is 2. The lowest BCUT2D eigenvalue weighted by molar-refractivity contribution is 0.303. The summed E-state index contributed by atoms with van der Waals surface area (Å²) in [4.78, 5) is 7.36. The summed E-state index contributed by atoms with van der Waals surface area (Å²) >= 11 is 2.17. The normalized spacial score (nSPS) is 11.2. The summed E-state index contributed by atoms with van der Waals surface area (Å²) in [6.07, 6.45) is 1.71. The van der Waals surface area contributed by atoms with E-state index in [0.717, 1.165) is 14.7 Å². The fraction of sp³-hybridized carbons (Fsp3) is 0.0417. The zero-order valence-electron chi connectivity index (χ0n) is 16.1. The summed E-state index contributed by atoms with van der Waals surface area (Å²) in [5, 5.41) is 18.8. The van der Waals surface area contributed by atoms with Gasteiger partial charge in [-0.15, -0.1) is 0 Å². The number of nitriles is 2. The summed E-state index contributed by atoms with van der Waals surface area (Å²) in [7, 11) is 0. The number of H-pyrrole nitrogens is 1. The van der Waals surface area contributed by atoms with Gasteiger partial charge >= 0.3 is 0 Å². The molecule has 1 N–H and O–H groups in total. The highest BCUT2D eigenvalue weighted by Crippen LogP contribution is 2.26. The molecule has 5 nitrogen and oxygen atoms in total. The van der Waals surface area contributed by atoms with E-state index in [9.17, 15) is 14.9 Å². The van der Waals surface area contributed by atoms with Crippen LogP contribution in [0.5, 0.6) is 5.75 Å². The number of benzene rings is 3. The number of rotatable bonds is 5. The molecule has 0 bridgehead atoms. The molecule has 4 rings (SSSR count). The Labute approximate surface area is 191 Å². The van der Waals surface area contributed by atoms with Crippen molar-refractivity contribution >= 4 is 45.3 Å². The lowest BCUT2D eigenvalue weighted by Gasteiger charge is -2.10. The van der Waals surface area contributed by atoms with Crippen molar-refractivity contribution in [3.8, 4) is 17.9 Å². The molecule has 0 saturated carbocycles. The van der Waals surface area contributed by atoms with Crippen LogP contribution >= 0.6 is 22.6 Å². The van der Waals surface area contributed by atoms with E-state index in [0.29, 0.717) is 33.7 Å². The highest BCUT2D eigenvalue weighted by molar-refractivity contribution is 14.1. The molecule has 0 aliphatic heterocycles. The van der Waals surface area contributed by atoms with E-state index in [2.05, 4.69) is 44.7 Å². The van der Waals surface area contributed by atoms with Crippen LogP contribution in [0.25, 0.3) is 22.7 Å². The summed E-state index contributed by atoms with van der Waals surface area (Å²) in [5.74, 6) is 0.697. The van der Waals surface area contributed by atoms with Crippen molar-refractivity contribution < 1.29 is 9.13 Å². The zero-order valence-corrected chi connectivity index (χ0v) is 18.2. The molecule has 1 heterocycles. The van der Waals surface area contributed by atoms with Crippen LogP contribution in [0, 0.1) is 32.0 Å². The molecule has 31 heavy (non-hydrogen) atoms. The van der Waals surface area contributed by atoms with E-state index in [-0.39, 0.29) is 12.4 Å². The Kier molecular flexibility index (Phi) is 5.96. The van der Waals surface area contributed by atoms with Crippen LogP contribution in [0.1, 0.15) is 22.5 Å². The number of halogens is 2. The van der Waals surface area contributed by atoms with Crippen LogP contribution < -0.4 is 4.74 Å². The first kappa shape index (κ1) is 20.6. The van der Waals surface area contributed by atoms with E-state index in [1.54, 1.807) is 18.2 Å². The minimum Gasteiger partial charge on any atom is -0.488 e. The Morgan fingerprint density at radius 2 is 1.97 bits per heavy atom. The average molecular weight is 520 g/mol. The van der Waals surface area contributed by atoms with Crippen LogP contribution in [0.4, 0.5) is 4.39 Å². The minimum atomic E-state index is -0.368. The Morgan fingerprint density at radius 1 is 1.13 bits per heavy atom. The third-order valence-electron chi connectivity index (χ3n) is 4.61. The van der Waals surface area contributed by atoms with Gasteiger partial charge in [0.15, 0.2) is 0 Å². The molecule has 1 aromatic heterocycles. The second-order valence-electron chi connectivity index (χ2n) is 6.66. The van der Waals surface area contributed by atoms with Gasteiger partial charge in [0.2, 0.25) is 0 Å². The van der Waals surface area contributed by atoms with Crippen molar-refractivity contribution in [1.82, 2.24) is 9.97 Å². The molecular formula is C24H14FIN4O. The fourth-order valence-electron chi connectivity index (χ4n) is 3.06. The van der Waals surface area contributed by atoms with Gasteiger partial charge < -0.3 is 9.72 Å². The van der Waals surface area contributed by atoms with Crippen LogP contribution in [0.3, 0.4) is 0 Å². The number of hydrogen-bond acceptors (Lipinski definition) is 4. The third-order valence-corrected chi connectivity index (χ3v) is 5.45. The van der Waals surface area contributed by atoms with Crippen molar-refractivity contribution in [3.05, 3.63) is 92.6 Å². The van der Waals surface area contributed by atoms with Crippen LogP contribution in [-0.4, -0.2) is 9.97 Å². The number of aromatic amines is 1. The maximum absolute atomic E-state index is 13.4. The van der Waals surface area contributed by atoms with Crippen LogP contribution in [0.15, 0.2) is 60.7 Å². The van der Waals surface area contributed by atoms with E-state index < -0.39 is 0 Å². The van der Waals surface area contributed by atoms with Crippen molar-refractivity contribution in [2.75, 3.05) is 0 Å². The summed E-state index contributed by atoms with van der Waals surface area (Å²) in [6, 6.07) is 21.4. The number of hydrogen-bond donors (Lipinski definition) is 1. The predicted molar refractivity (Wildman–Crippen MR) is 124 cm³/mol. The molecule has 0 aliphatic rings. The molecule has 0 atom stereocenters. The van der Waals surface area contributed by atoms with Crippen molar-refractivity contribution in [2.24, 2.45) is 0 Å². The van der Waals surface area contributed by atoms with E-state index in [1.807, 2.05) is 36.4 Å². The first-order chi connectivity index (χ1) is 15.1. The van der Waals surface area contributed by atoms with Gasteiger partial charge in [0.05, 0.1) is 31.8 Å². The van der Waals surface area contributed by atoms with E-state index >= 15 is 0 Å². The smallest absolute Gasteiger partial charge is 0.149 e. The van der Waals surface area contributed by atoms with Crippen LogP contribution in [-0.2, 0) is 6.61 Å². The Hall–Kier alpha value is -3.69. The van der Waals surface area contributed by atoms with Gasteiger partial charge in [0.1, 0.15) is 30.1 Å². The van der Waals surface area contributed by atoms with Gasteiger partial charge in [-0.3, -0.25) is 0 Å². The van der Waals surface area contributed by atoms with Gasteiger partial charge in [0.25, 0.3) is 0 Å². The molecule has 150 valence electrons. The van der Waals surface area contributed by atoms with Gasteiger partial charge in [-0.25, -0.2) is 9.37 Å². The van der Waals surface area contributed by atoms with Gasteiger partial charge in [-0.1, -0.05) is 24.3 Å². The van der Waals surface area contributed by atoms with Gasteiger partial charge in [0, 0.05) is 5.56 Å². The minimum absolute atomic E-state index is 0.286. The second kappa shape index (κ2) is 8.99. The maximum atomic E-state index is 13.4. The molecule has 0 amide bonds. The molecule has 4 aromatic rings. The maximum Gasteiger partial charge on any atom is 0.149 e. The Bertz CT molecular complexity index is 1390. The lowest BCUT2D eigenvalue weighted by atomic mass is 10.1. The highest BCUT2D eigenvalue weighted by atomic mass is 127. The number of nitrogens with one attached hydrogen (secondary N) is 1. The highest BCUT2D eigenvalue weighted by Gasteiger charge is 2.10. The molecule has 0 radical (unpaired) electrons. The molecule has 0 saturated heterocycles. The summed E-state index contributed by atoms with van der Waals surface area (Å²) in [6.45, 7) is 0.286. The molecule has 0 aliphatic carbocycles. The van der Waals surface area contributed by atoms with Crippen molar-refractivity contribution in [1.29, 1.82) is 10.5 Å². The zero-order chi connectivity index (χ0) is 21.8. The first-order valence-electron chi connectivity index (χ1n) is 9.25. The van der Waals surface area contributed by atoms with Gasteiger partial charge in [-0.05, 0) is 70.6 Å². The predicted octanol–water partition coefficient (Wildman–Crippen LogP) is 5.82. The summed E-state index contributed by atoms with van der Waals surface area (Å²) in [5.41, 5.74) is 3.67. The van der Waals surface area contributed by atoms with E-state index in [1.165, 1.54) is 12.1 Å². The summed E-state index contributed by atoms with van der Waals surface area (Å²) < 4.78 is 20.2. The molecule has 0 spiro atoms. The van der Waals surface area contributed by atoms with Crippen LogP contribution in [0.2, 0.25) is 0 Å². The standard InChI is InChI=1S/C24H14FIN4O/c25-19-6-7-21-22(11-19)30-24(29-21)18(13-28)9-15-5-8-23(20(26)10-15)31-14-17-4-2-1-3-16(17)12-27/h1-11H,14H2,(H,29,30)/b18-9-. The largest absolute Gasteiger partial charge is 0.488 e. The topological polar surface area (TPSA) is 85.5 Å². The number of ether oxygens (including phenoxy) is 1. The second-order valence-corrected chi connectivity index (χ2v) is 7.83. The lowest BCUT2D eigenvalue weighted by Crippen LogP contribution is -1.99. The molecule has 0 fully saturated rings. The number of nitrogens with zero attached hydrogens (tertiary/aromatic N) is 3. The Balaban J connectivity index is 1.56. The first-order valence-corrected chi connectivity index (χ1v) is 10.3. The average Bonchev–Trinajstić information content (AvgIpc) is 3.20. The SMILES string of the molecule is N#C/C(=C/c1ccc(OCc2ccccc2C#N)c(I)c1)c1nc2ccc(F)cc2[nH]1. The molecule has 3 aromatic carbocycles. The number of imidazole rings is 1. The molecule has 0 unspecified atom stereocenters. The van der Waals surface area contributed by atoms with E-state index in [4.69, 9.17) is 4.74 Å². The third kappa shape index (κ3) is 4.57. The fourth-order valence-corrected chi connectivity index (χ4v) is 3.76. The van der Waals surface area contributed by atoms with Gasteiger partial charge in [-0.2, -0.15) is 10.5 Å². The molecule has 7 heteroatoms. The van der Waals surface area contributed by atoms with Crippen molar-refractivity contribution in [2.45, 2.75) is 6.61 Å². The number of allylic oxidation sites excluding steroid dienone is 1. The Morgan fingerprint density at radius 3 is 2.74 bits per heavy atom. The molecular weight excluding hydrogens is 506 g/mol. The monoisotopic (exact) mass is 520 g/mol. The quantitative estimate of drug-likeness (QED) is 0.266. The number of fused-ring (bicyclic) bond motifs is 1. The van der Waals surface area contributed by atoms with Crippen molar-refractivity contribution in [3.63, 3.8) is 0 Å².